The summed E-state index contributed by atoms with van der Waals surface area (Å²) in [5.41, 5.74) is 4.00. The fourth-order valence-corrected chi connectivity index (χ4v) is 4.49. The highest BCUT2D eigenvalue weighted by molar-refractivity contribution is 5.84. The predicted octanol–water partition coefficient (Wildman–Crippen LogP) is 2.00. The zero-order valence-electron chi connectivity index (χ0n) is 15.2. The van der Waals surface area contributed by atoms with Crippen LogP contribution >= 0.6 is 0 Å². The molecule has 0 aliphatic carbocycles. The number of para-hydroxylation sites is 1. The van der Waals surface area contributed by atoms with Crippen LogP contribution in [0, 0.1) is 0 Å². The van der Waals surface area contributed by atoms with Crippen LogP contribution < -0.4 is 0 Å². The Kier molecular flexibility index (Phi) is 4.82. The van der Waals surface area contributed by atoms with E-state index < -0.39 is 0 Å². The quantitative estimate of drug-likeness (QED) is 0.892. The third kappa shape index (κ3) is 3.75. The van der Waals surface area contributed by atoms with Gasteiger partial charge in [-0.25, -0.2) is 0 Å². The van der Waals surface area contributed by atoms with E-state index in [1.165, 1.54) is 22.2 Å². The van der Waals surface area contributed by atoms with E-state index in [-0.39, 0.29) is 18.3 Å². The van der Waals surface area contributed by atoms with Crippen molar-refractivity contribution in [3.05, 3.63) is 35.5 Å². The summed E-state index contributed by atoms with van der Waals surface area (Å²) in [4.78, 5) is 8.27. The maximum absolute atomic E-state index is 10.6. The molecule has 25 heavy (non-hydrogen) atoms. The minimum atomic E-state index is -0.316. The molecule has 3 unspecified atom stereocenters. The third-order valence-corrected chi connectivity index (χ3v) is 5.39. The summed E-state index contributed by atoms with van der Waals surface area (Å²) in [5.74, 6) is 0. The molecule has 4 rings (SSSR count). The van der Waals surface area contributed by atoms with Crippen LogP contribution in [0.1, 0.15) is 25.1 Å². The average Bonchev–Trinajstić information content (AvgIpc) is 2.91. The molecule has 5 nitrogen and oxygen atoms in total. The molecule has 0 saturated carbocycles. The number of β-amino-alcohol motifs (C(OH)–C–C–N with tert-alkyl or cyclic N) is 1. The molecule has 0 bridgehead atoms. The first-order valence-corrected chi connectivity index (χ1v) is 9.45. The lowest BCUT2D eigenvalue weighted by molar-refractivity contribution is -0.0782. The van der Waals surface area contributed by atoms with E-state index in [1.807, 2.05) is 0 Å². The summed E-state index contributed by atoms with van der Waals surface area (Å²) >= 11 is 0. The molecule has 1 fully saturated rings. The number of hydrogen-bond donors (Lipinski definition) is 2. The SMILES string of the molecule is CC1CN(CC(O)CN2CCc3c([nH]c4ccccc34)C2)CC(C)O1. The molecule has 1 aromatic carbocycles. The number of benzene rings is 1. The lowest BCUT2D eigenvalue weighted by Gasteiger charge is -2.37. The number of fused-ring (bicyclic) bond motifs is 3. The Hall–Kier alpha value is -1.40. The standard InChI is InChI=1S/C20H29N3O2/c1-14-9-23(10-15(2)25-14)12-16(24)11-22-8-7-18-17-5-3-4-6-19(17)21-20(18)13-22/h3-6,14-16,21,24H,7-13H2,1-2H3. The van der Waals surface area contributed by atoms with Crippen molar-refractivity contribution in [1.29, 1.82) is 0 Å². The van der Waals surface area contributed by atoms with Crippen molar-refractivity contribution in [2.75, 3.05) is 32.7 Å². The molecule has 2 N–H and O–H groups in total. The second-order valence-corrected chi connectivity index (χ2v) is 7.74. The highest BCUT2D eigenvalue weighted by Crippen LogP contribution is 2.27. The van der Waals surface area contributed by atoms with E-state index >= 15 is 0 Å². The van der Waals surface area contributed by atoms with Gasteiger partial charge in [0.05, 0.1) is 18.3 Å². The summed E-state index contributed by atoms with van der Waals surface area (Å²) < 4.78 is 5.78. The molecule has 1 saturated heterocycles. The van der Waals surface area contributed by atoms with E-state index in [2.05, 4.69) is 52.9 Å². The van der Waals surface area contributed by atoms with E-state index in [9.17, 15) is 5.11 Å². The fraction of sp³-hybridized carbons (Fsp3) is 0.600. The van der Waals surface area contributed by atoms with Gasteiger partial charge >= 0.3 is 0 Å². The molecular weight excluding hydrogens is 314 g/mol. The van der Waals surface area contributed by atoms with Gasteiger partial charge in [0, 0.05) is 55.9 Å². The molecule has 0 spiro atoms. The number of aromatic nitrogens is 1. The number of nitrogens with zero attached hydrogens (tertiary/aromatic N) is 2. The van der Waals surface area contributed by atoms with Crippen LogP contribution in [-0.2, 0) is 17.7 Å². The highest BCUT2D eigenvalue weighted by atomic mass is 16.5. The number of nitrogens with one attached hydrogen (secondary N) is 1. The zero-order chi connectivity index (χ0) is 17.4. The molecule has 2 aliphatic rings. The van der Waals surface area contributed by atoms with Crippen molar-refractivity contribution in [1.82, 2.24) is 14.8 Å². The maximum atomic E-state index is 10.6. The number of rotatable bonds is 4. The number of aliphatic hydroxyl groups excluding tert-OH is 1. The van der Waals surface area contributed by atoms with Crippen LogP contribution in [0.2, 0.25) is 0 Å². The van der Waals surface area contributed by atoms with Crippen molar-refractivity contribution in [2.24, 2.45) is 0 Å². The van der Waals surface area contributed by atoms with Gasteiger partial charge < -0.3 is 14.8 Å². The number of aromatic amines is 1. The topological polar surface area (TPSA) is 51.7 Å². The molecule has 2 aliphatic heterocycles. The summed E-state index contributed by atoms with van der Waals surface area (Å²) in [6.07, 6.45) is 1.24. The Morgan fingerprint density at radius 2 is 1.88 bits per heavy atom. The van der Waals surface area contributed by atoms with Gasteiger partial charge in [-0.3, -0.25) is 9.80 Å². The predicted molar refractivity (Wildman–Crippen MR) is 99.7 cm³/mol. The van der Waals surface area contributed by atoms with Gasteiger partial charge in [0.2, 0.25) is 0 Å². The van der Waals surface area contributed by atoms with E-state index in [4.69, 9.17) is 4.74 Å². The van der Waals surface area contributed by atoms with Gasteiger partial charge in [-0.15, -0.1) is 0 Å². The molecule has 2 aromatic rings. The summed E-state index contributed by atoms with van der Waals surface area (Å²) in [6, 6.07) is 8.54. The highest BCUT2D eigenvalue weighted by Gasteiger charge is 2.26. The Morgan fingerprint density at radius 1 is 1.16 bits per heavy atom. The fourth-order valence-electron chi connectivity index (χ4n) is 4.49. The van der Waals surface area contributed by atoms with Crippen molar-refractivity contribution in [2.45, 2.75) is 45.1 Å². The molecule has 3 heterocycles. The van der Waals surface area contributed by atoms with Gasteiger partial charge in [0.25, 0.3) is 0 Å². The van der Waals surface area contributed by atoms with Gasteiger partial charge in [0.15, 0.2) is 0 Å². The number of ether oxygens (including phenoxy) is 1. The Morgan fingerprint density at radius 3 is 2.68 bits per heavy atom. The summed E-state index contributed by atoms with van der Waals surface area (Å²) in [6.45, 7) is 9.41. The van der Waals surface area contributed by atoms with Crippen molar-refractivity contribution in [3.8, 4) is 0 Å². The van der Waals surface area contributed by atoms with Crippen LogP contribution in [0.4, 0.5) is 0 Å². The second kappa shape index (κ2) is 7.08. The number of aliphatic hydroxyl groups is 1. The van der Waals surface area contributed by atoms with Gasteiger partial charge in [-0.05, 0) is 31.9 Å². The van der Waals surface area contributed by atoms with Crippen molar-refractivity contribution < 1.29 is 9.84 Å². The maximum Gasteiger partial charge on any atom is 0.0793 e. The van der Waals surface area contributed by atoms with Crippen molar-refractivity contribution in [3.63, 3.8) is 0 Å². The minimum absolute atomic E-state index is 0.250. The van der Waals surface area contributed by atoms with Crippen LogP contribution in [0.3, 0.4) is 0 Å². The lowest BCUT2D eigenvalue weighted by atomic mass is 10.0. The molecule has 1 aromatic heterocycles. The Bertz CT molecular complexity index is 719. The normalized spacial score (nSPS) is 26.7. The van der Waals surface area contributed by atoms with E-state index in [0.29, 0.717) is 0 Å². The smallest absolute Gasteiger partial charge is 0.0793 e. The number of H-pyrrole nitrogens is 1. The summed E-state index contributed by atoms with van der Waals surface area (Å²) in [5, 5.41) is 11.9. The van der Waals surface area contributed by atoms with Crippen LogP contribution in [0.5, 0.6) is 0 Å². The largest absolute Gasteiger partial charge is 0.390 e. The van der Waals surface area contributed by atoms with Crippen LogP contribution in [0.25, 0.3) is 10.9 Å². The molecular formula is C20H29N3O2. The van der Waals surface area contributed by atoms with Gasteiger partial charge in [-0.2, -0.15) is 0 Å². The monoisotopic (exact) mass is 343 g/mol. The van der Waals surface area contributed by atoms with E-state index in [1.54, 1.807) is 0 Å². The Labute approximate surface area is 149 Å². The zero-order valence-corrected chi connectivity index (χ0v) is 15.2. The minimum Gasteiger partial charge on any atom is -0.390 e. The first-order chi connectivity index (χ1) is 12.1. The van der Waals surface area contributed by atoms with Gasteiger partial charge in [0.1, 0.15) is 0 Å². The number of morpholine rings is 1. The molecule has 0 radical (unpaired) electrons. The molecule has 5 heteroatoms. The molecule has 0 amide bonds. The Balaban J connectivity index is 1.36. The third-order valence-electron chi connectivity index (χ3n) is 5.39. The average molecular weight is 343 g/mol. The lowest BCUT2D eigenvalue weighted by Crippen LogP contribution is -2.50. The second-order valence-electron chi connectivity index (χ2n) is 7.74. The molecule has 136 valence electrons. The summed E-state index contributed by atoms with van der Waals surface area (Å²) in [7, 11) is 0. The first-order valence-electron chi connectivity index (χ1n) is 9.45. The van der Waals surface area contributed by atoms with E-state index in [0.717, 1.165) is 45.7 Å². The number of hydrogen-bond acceptors (Lipinski definition) is 4. The van der Waals surface area contributed by atoms with Crippen LogP contribution in [-0.4, -0.2) is 70.9 Å². The first kappa shape index (κ1) is 17.0. The van der Waals surface area contributed by atoms with Crippen molar-refractivity contribution >= 4 is 10.9 Å². The molecule has 3 atom stereocenters. The van der Waals surface area contributed by atoms with Crippen LogP contribution in [0.15, 0.2) is 24.3 Å². The van der Waals surface area contributed by atoms with Gasteiger partial charge in [-0.1, -0.05) is 18.2 Å².